The highest BCUT2D eigenvalue weighted by Gasteiger charge is 2.26. The average Bonchev–Trinajstić information content (AvgIpc) is 3.12. The first-order valence-corrected chi connectivity index (χ1v) is 6.50. The van der Waals surface area contributed by atoms with E-state index in [1.54, 1.807) is 0 Å². The monoisotopic (exact) mass is 303 g/mol. The third kappa shape index (κ3) is 2.55. The number of furan rings is 1. The molecule has 0 aliphatic carbocycles. The number of nitrogens with one attached hydrogen (secondary N) is 2. The minimum atomic E-state index is -0.596. The molecule has 3 heterocycles. The maximum Gasteiger partial charge on any atom is 0.318 e. The molecule has 9 heteroatoms. The molecular formula is C13H13N5O4. The van der Waals surface area contributed by atoms with Crippen LogP contribution in [0.5, 0.6) is 0 Å². The molecule has 3 amide bonds. The summed E-state index contributed by atoms with van der Waals surface area (Å²) in [6.45, 7) is 0.591. The number of aromatic amines is 1. The van der Waals surface area contributed by atoms with Crippen molar-refractivity contribution < 1.29 is 14.0 Å². The molecule has 0 atom stereocenters. The summed E-state index contributed by atoms with van der Waals surface area (Å²) in [5.74, 6) is -0.184. The molecule has 1 aliphatic rings. The Morgan fingerprint density at radius 2 is 2.27 bits per heavy atom. The van der Waals surface area contributed by atoms with Gasteiger partial charge in [0.05, 0.1) is 42.8 Å². The van der Waals surface area contributed by atoms with Gasteiger partial charge in [0.15, 0.2) is 0 Å². The number of aromatic nitrogens is 2. The van der Waals surface area contributed by atoms with Crippen LogP contribution in [0.4, 0.5) is 4.79 Å². The zero-order chi connectivity index (χ0) is 15.7. The molecule has 0 saturated heterocycles. The molecule has 22 heavy (non-hydrogen) atoms. The first-order chi connectivity index (χ1) is 10.5. The first kappa shape index (κ1) is 13.9. The highest BCUT2D eigenvalue weighted by molar-refractivity contribution is 5.92. The van der Waals surface area contributed by atoms with Crippen molar-refractivity contribution in [3.63, 3.8) is 0 Å². The predicted octanol–water partition coefficient (Wildman–Crippen LogP) is -0.313. The molecule has 0 spiro atoms. The van der Waals surface area contributed by atoms with Crippen molar-refractivity contribution in [3.8, 4) is 0 Å². The van der Waals surface area contributed by atoms with Gasteiger partial charge in [-0.1, -0.05) is 0 Å². The van der Waals surface area contributed by atoms with Crippen LogP contribution in [0, 0.1) is 0 Å². The molecule has 9 nitrogen and oxygen atoms in total. The third-order valence-corrected chi connectivity index (χ3v) is 3.37. The number of primary amides is 1. The number of amides is 3. The Morgan fingerprint density at radius 1 is 1.45 bits per heavy atom. The van der Waals surface area contributed by atoms with Gasteiger partial charge in [-0.25, -0.2) is 9.78 Å². The standard InChI is InChI=1S/C13H13N5O4/c14-11(19)7-1-8(22-5-7)2-15-13(21)18-3-9-10(4-18)16-6-17-12(9)20/h1,5-6H,2-4H2,(H2,14,19)(H,15,21)(H,16,17,20). The van der Waals surface area contributed by atoms with Crippen molar-refractivity contribution in [2.45, 2.75) is 19.6 Å². The van der Waals surface area contributed by atoms with Crippen LogP contribution in [0.25, 0.3) is 0 Å². The maximum atomic E-state index is 12.1. The number of rotatable bonds is 3. The zero-order valence-electron chi connectivity index (χ0n) is 11.5. The van der Waals surface area contributed by atoms with Gasteiger partial charge >= 0.3 is 6.03 Å². The van der Waals surface area contributed by atoms with Gasteiger partial charge in [0.2, 0.25) is 0 Å². The van der Waals surface area contributed by atoms with Crippen molar-refractivity contribution in [2.24, 2.45) is 5.73 Å². The summed E-state index contributed by atoms with van der Waals surface area (Å²) in [5, 5.41) is 2.65. The van der Waals surface area contributed by atoms with E-state index >= 15 is 0 Å². The van der Waals surface area contributed by atoms with Crippen molar-refractivity contribution in [1.82, 2.24) is 20.2 Å². The van der Waals surface area contributed by atoms with Gasteiger partial charge in [0, 0.05) is 0 Å². The second-order valence-electron chi connectivity index (χ2n) is 4.84. The largest absolute Gasteiger partial charge is 0.467 e. The lowest BCUT2D eigenvalue weighted by Gasteiger charge is -2.15. The number of hydrogen-bond acceptors (Lipinski definition) is 5. The molecule has 0 bridgehead atoms. The molecule has 0 aromatic carbocycles. The van der Waals surface area contributed by atoms with Gasteiger partial charge in [-0.2, -0.15) is 0 Å². The van der Waals surface area contributed by atoms with E-state index in [1.807, 2.05) is 0 Å². The Balaban J connectivity index is 1.61. The third-order valence-electron chi connectivity index (χ3n) is 3.37. The molecule has 1 aliphatic heterocycles. The van der Waals surface area contributed by atoms with Crippen LogP contribution in [0.1, 0.15) is 27.4 Å². The van der Waals surface area contributed by atoms with Crippen LogP contribution in [-0.4, -0.2) is 26.8 Å². The number of nitrogens with two attached hydrogens (primary N) is 1. The lowest BCUT2D eigenvalue weighted by molar-refractivity contribution is 0.0999. The number of fused-ring (bicyclic) bond motifs is 1. The summed E-state index contributed by atoms with van der Waals surface area (Å²) in [6.07, 6.45) is 2.55. The number of urea groups is 1. The summed E-state index contributed by atoms with van der Waals surface area (Å²) in [4.78, 5) is 42.6. The molecule has 2 aromatic rings. The fourth-order valence-corrected chi connectivity index (χ4v) is 2.21. The molecular weight excluding hydrogens is 290 g/mol. The molecule has 114 valence electrons. The second kappa shape index (κ2) is 5.35. The van der Waals surface area contributed by atoms with E-state index in [-0.39, 0.29) is 36.8 Å². The van der Waals surface area contributed by atoms with E-state index in [4.69, 9.17) is 10.2 Å². The lowest BCUT2D eigenvalue weighted by Crippen LogP contribution is -2.36. The maximum absolute atomic E-state index is 12.1. The van der Waals surface area contributed by atoms with Crippen LogP contribution in [0.3, 0.4) is 0 Å². The number of nitrogens with zero attached hydrogens (tertiary/aromatic N) is 2. The van der Waals surface area contributed by atoms with Gasteiger partial charge in [0.25, 0.3) is 11.5 Å². The normalized spacial score (nSPS) is 13.0. The number of hydrogen-bond donors (Lipinski definition) is 3. The van der Waals surface area contributed by atoms with Gasteiger partial charge < -0.3 is 25.4 Å². The molecule has 3 rings (SSSR count). The van der Waals surface area contributed by atoms with Crippen molar-refractivity contribution >= 4 is 11.9 Å². The Hall–Kier alpha value is -3.10. The SMILES string of the molecule is NC(=O)c1coc(CNC(=O)N2Cc3nc[nH]c(=O)c3C2)c1. The van der Waals surface area contributed by atoms with Gasteiger partial charge in [-0.05, 0) is 6.07 Å². The minimum absolute atomic E-state index is 0.114. The summed E-state index contributed by atoms with van der Waals surface area (Å²) in [5.41, 5.74) is 6.20. The fraction of sp³-hybridized carbons (Fsp3) is 0.231. The molecule has 2 aromatic heterocycles. The summed E-state index contributed by atoms with van der Waals surface area (Å²) in [7, 11) is 0. The summed E-state index contributed by atoms with van der Waals surface area (Å²) < 4.78 is 5.12. The number of H-pyrrole nitrogens is 1. The number of carbonyl (C=O) groups is 2. The zero-order valence-corrected chi connectivity index (χ0v) is 11.5. The van der Waals surface area contributed by atoms with Crippen LogP contribution >= 0.6 is 0 Å². The fourth-order valence-electron chi connectivity index (χ4n) is 2.21. The summed E-state index contributed by atoms with van der Waals surface area (Å²) >= 11 is 0. The van der Waals surface area contributed by atoms with E-state index in [2.05, 4.69) is 15.3 Å². The van der Waals surface area contributed by atoms with Crippen molar-refractivity contribution in [2.75, 3.05) is 0 Å². The Labute approximate surface area is 124 Å². The van der Waals surface area contributed by atoms with Crippen molar-refractivity contribution in [3.05, 3.63) is 51.6 Å². The predicted molar refractivity (Wildman–Crippen MR) is 73.6 cm³/mol. The Morgan fingerprint density at radius 3 is 2.95 bits per heavy atom. The Bertz CT molecular complexity index is 794. The first-order valence-electron chi connectivity index (χ1n) is 6.50. The van der Waals surface area contributed by atoms with Gasteiger partial charge in [0.1, 0.15) is 12.0 Å². The highest BCUT2D eigenvalue weighted by Crippen LogP contribution is 2.16. The summed E-state index contributed by atoms with van der Waals surface area (Å²) in [6, 6.07) is 1.11. The van der Waals surface area contributed by atoms with Gasteiger partial charge in [-0.3, -0.25) is 9.59 Å². The van der Waals surface area contributed by atoms with Gasteiger partial charge in [-0.15, -0.1) is 0 Å². The van der Waals surface area contributed by atoms with Crippen LogP contribution in [-0.2, 0) is 19.6 Å². The van der Waals surface area contributed by atoms with E-state index < -0.39 is 5.91 Å². The molecule has 0 saturated carbocycles. The average molecular weight is 303 g/mol. The van der Waals surface area contributed by atoms with Crippen LogP contribution in [0.15, 0.2) is 27.9 Å². The van der Waals surface area contributed by atoms with Crippen molar-refractivity contribution in [1.29, 1.82) is 0 Å². The number of carbonyl (C=O) groups excluding carboxylic acids is 2. The highest BCUT2D eigenvalue weighted by atomic mass is 16.3. The topological polar surface area (TPSA) is 134 Å². The smallest absolute Gasteiger partial charge is 0.318 e. The second-order valence-corrected chi connectivity index (χ2v) is 4.84. The molecule has 0 radical (unpaired) electrons. The van der Waals surface area contributed by atoms with E-state index in [0.717, 1.165) is 0 Å². The van der Waals surface area contributed by atoms with Crippen LogP contribution in [0.2, 0.25) is 0 Å². The van der Waals surface area contributed by atoms with E-state index in [9.17, 15) is 14.4 Å². The molecule has 0 fully saturated rings. The van der Waals surface area contributed by atoms with E-state index in [0.29, 0.717) is 17.0 Å². The van der Waals surface area contributed by atoms with Crippen LogP contribution < -0.4 is 16.6 Å². The van der Waals surface area contributed by atoms with E-state index in [1.165, 1.54) is 23.6 Å². The minimum Gasteiger partial charge on any atom is -0.467 e. The molecule has 4 N–H and O–H groups in total. The quantitative estimate of drug-likeness (QED) is 0.714. The molecule has 0 unspecified atom stereocenters. The lowest BCUT2D eigenvalue weighted by atomic mass is 10.3. The Kier molecular flexibility index (Phi) is 3.37.